The number of nitrogens with zero attached hydrogens (tertiary/aromatic N) is 1. The average molecular weight is 288 g/mol. The monoisotopic (exact) mass is 287 g/mol. The molecule has 2 N–H and O–H groups in total. The first kappa shape index (κ1) is 14.1. The van der Waals surface area contributed by atoms with Gasteiger partial charge >= 0.3 is 0 Å². The van der Waals surface area contributed by atoms with Gasteiger partial charge in [-0.05, 0) is 29.8 Å². The third-order valence-corrected chi connectivity index (χ3v) is 2.94. The lowest BCUT2D eigenvalue weighted by Crippen LogP contribution is -2.18. The Balaban J connectivity index is 2.03. The normalized spacial score (nSPS) is 10.5. The van der Waals surface area contributed by atoms with Crippen molar-refractivity contribution in [2.24, 2.45) is 5.10 Å². The summed E-state index contributed by atoms with van der Waals surface area (Å²) in [4.78, 5) is 12.0. The number of hydrazone groups is 1. The molecule has 102 valence electrons. The van der Waals surface area contributed by atoms with E-state index in [-0.39, 0.29) is 5.91 Å². The molecule has 1 amide bonds. The molecule has 0 spiro atoms. The zero-order chi connectivity index (χ0) is 14.4. The largest absolute Gasteiger partial charge is 0.387 e. The number of anilines is 1. The SMILES string of the molecule is CNc1ccccc1C(=O)N/N=C/c1ccc(Cl)cc1. The van der Waals surface area contributed by atoms with Gasteiger partial charge in [0.05, 0.1) is 11.8 Å². The molecule has 0 fully saturated rings. The minimum Gasteiger partial charge on any atom is -0.387 e. The Morgan fingerprint density at radius 2 is 1.85 bits per heavy atom. The molecule has 2 rings (SSSR count). The van der Waals surface area contributed by atoms with Gasteiger partial charge in [0.15, 0.2) is 0 Å². The van der Waals surface area contributed by atoms with Crippen LogP contribution in [-0.4, -0.2) is 19.2 Å². The van der Waals surface area contributed by atoms with Crippen molar-refractivity contribution in [1.29, 1.82) is 0 Å². The number of amides is 1. The molecule has 0 heterocycles. The molecule has 0 atom stereocenters. The van der Waals surface area contributed by atoms with Gasteiger partial charge in [-0.15, -0.1) is 0 Å². The fourth-order valence-electron chi connectivity index (χ4n) is 1.67. The summed E-state index contributed by atoms with van der Waals surface area (Å²) in [7, 11) is 1.77. The van der Waals surface area contributed by atoms with Gasteiger partial charge in [0.1, 0.15) is 0 Å². The van der Waals surface area contributed by atoms with E-state index in [0.29, 0.717) is 10.6 Å². The molecule has 0 bridgehead atoms. The van der Waals surface area contributed by atoms with E-state index in [1.165, 1.54) is 0 Å². The highest BCUT2D eigenvalue weighted by Crippen LogP contribution is 2.13. The number of carbonyl (C=O) groups is 1. The Bertz CT molecular complexity index is 623. The molecule has 0 saturated carbocycles. The zero-order valence-corrected chi connectivity index (χ0v) is 11.7. The third kappa shape index (κ3) is 3.59. The van der Waals surface area contributed by atoms with Crippen molar-refractivity contribution in [2.75, 3.05) is 12.4 Å². The molecule has 0 radical (unpaired) electrons. The fraction of sp³-hybridized carbons (Fsp3) is 0.0667. The first-order valence-electron chi connectivity index (χ1n) is 6.06. The number of benzene rings is 2. The minimum absolute atomic E-state index is 0.264. The summed E-state index contributed by atoms with van der Waals surface area (Å²) in [5, 5.41) is 7.55. The predicted octanol–water partition coefficient (Wildman–Crippen LogP) is 3.15. The Kier molecular flexibility index (Phi) is 4.74. The van der Waals surface area contributed by atoms with Crippen molar-refractivity contribution < 1.29 is 4.79 Å². The van der Waals surface area contributed by atoms with E-state index in [2.05, 4.69) is 15.8 Å². The van der Waals surface area contributed by atoms with Crippen LogP contribution in [-0.2, 0) is 0 Å². The number of halogens is 1. The molecule has 0 unspecified atom stereocenters. The Morgan fingerprint density at radius 1 is 1.15 bits per heavy atom. The van der Waals surface area contributed by atoms with Crippen molar-refractivity contribution in [2.45, 2.75) is 0 Å². The van der Waals surface area contributed by atoms with E-state index >= 15 is 0 Å². The van der Waals surface area contributed by atoms with Crippen LogP contribution >= 0.6 is 11.6 Å². The minimum atomic E-state index is -0.264. The number of carbonyl (C=O) groups excluding carboxylic acids is 1. The first-order valence-corrected chi connectivity index (χ1v) is 6.44. The van der Waals surface area contributed by atoms with Crippen LogP contribution in [0.4, 0.5) is 5.69 Å². The van der Waals surface area contributed by atoms with E-state index in [4.69, 9.17) is 11.6 Å². The molecular formula is C15H14ClN3O. The van der Waals surface area contributed by atoms with Crippen LogP contribution in [0.25, 0.3) is 0 Å². The summed E-state index contributed by atoms with van der Waals surface area (Å²) in [6.07, 6.45) is 1.57. The summed E-state index contributed by atoms with van der Waals surface area (Å²) in [6.45, 7) is 0. The van der Waals surface area contributed by atoms with Gasteiger partial charge in [-0.2, -0.15) is 5.10 Å². The Labute approximate surface area is 122 Å². The number of hydrogen-bond acceptors (Lipinski definition) is 3. The second-order valence-corrected chi connectivity index (χ2v) is 4.48. The van der Waals surface area contributed by atoms with Crippen LogP contribution in [0.3, 0.4) is 0 Å². The first-order chi connectivity index (χ1) is 9.70. The lowest BCUT2D eigenvalue weighted by atomic mass is 10.1. The van der Waals surface area contributed by atoms with Gasteiger partial charge in [-0.1, -0.05) is 35.9 Å². The molecule has 20 heavy (non-hydrogen) atoms. The highest BCUT2D eigenvalue weighted by molar-refractivity contribution is 6.30. The summed E-state index contributed by atoms with van der Waals surface area (Å²) < 4.78 is 0. The smallest absolute Gasteiger partial charge is 0.273 e. The molecule has 2 aromatic rings. The number of nitrogens with one attached hydrogen (secondary N) is 2. The van der Waals surface area contributed by atoms with Crippen LogP contribution < -0.4 is 10.7 Å². The van der Waals surface area contributed by atoms with Gasteiger partial charge in [0.25, 0.3) is 5.91 Å². The molecule has 0 saturated heterocycles. The van der Waals surface area contributed by atoms with E-state index in [1.807, 2.05) is 24.3 Å². The maximum Gasteiger partial charge on any atom is 0.273 e. The second kappa shape index (κ2) is 6.73. The standard InChI is InChI=1S/C15H14ClN3O/c1-17-14-5-3-2-4-13(14)15(20)19-18-10-11-6-8-12(16)9-7-11/h2-10,17H,1H3,(H,19,20)/b18-10+. The van der Waals surface area contributed by atoms with Crippen molar-refractivity contribution in [1.82, 2.24) is 5.43 Å². The van der Waals surface area contributed by atoms with Crippen molar-refractivity contribution in [3.8, 4) is 0 Å². The van der Waals surface area contributed by atoms with Crippen LogP contribution in [0.5, 0.6) is 0 Å². The number of rotatable bonds is 4. The topological polar surface area (TPSA) is 53.5 Å². The summed E-state index contributed by atoms with van der Waals surface area (Å²) >= 11 is 5.79. The molecule has 0 aliphatic rings. The van der Waals surface area contributed by atoms with Gasteiger partial charge in [0.2, 0.25) is 0 Å². The summed E-state index contributed by atoms with van der Waals surface area (Å²) in [6, 6.07) is 14.4. The van der Waals surface area contributed by atoms with Crippen LogP contribution in [0.15, 0.2) is 53.6 Å². The highest BCUT2D eigenvalue weighted by atomic mass is 35.5. The van der Waals surface area contributed by atoms with Crippen LogP contribution in [0.2, 0.25) is 5.02 Å². The molecule has 2 aromatic carbocycles. The molecular weight excluding hydrogens is 274 g/mol. The quantitative estimate of drug-likeness (QED) is 0.670. The lowest BCUT2D eigenvalue weighted by Gasteiger charge is -2.06. The van der Waals surface area contributed by atoms with Crippen molar-refractivity contribution >= 4 is 29.4 Å². The Hall–Kier alpha value is -2.33. The van der Waals surface area contributed by atoms with Crippen LogP contribution in [0, 0.1) is 0 Å². The van der Waals surface area contributed by atoms with E-state index < -0.39 is 0 Å². The molecule has 0 aliphatic carbocycles. The second-order valence-electron chi connectivity index (χ2n) is 4.05. The van der Waals surface area contributed by atoms with Crippen molar-refractivity contribution in [3.05, 3.63) is 64.7 Å². The number of hydrogen-bond donors (Lipinski definition) is 2. The summed E-state index contributed by atoms with van der Waals surface area (Å²) in [5.74, 6) is -0.264. The van der Waals surface area contributed by atoms with Crippen LogP contribution in [0.1, 0.15) is 15.9 Å². The fourth-order valence-corrected chi connectivity index (χ4v) is 1.80. The summed E-state index contributed by atoms with van der Waals surface area (Å²) in [5.41, 5.74) is 4.65. The van der Waals surface area contributed by atoms with Gasteiger partial charge < -0.3 is 5.32 Å². The maximum atomic E-state index is 12.0. The molecule has 0 aliphatic heterocycles. The van der Waals surface area contributed by atoms with Gasteiger partial charge in [-0.3, -0.25) is 4.79 Å². The van der Waals surface area contributed by atoms with Gasteiger partial charge in [-0.25, -0.2) is 5.43 Å². The number of para-hydroxylation sites is 1. The third-order valence-electron chi connectivity index (χ3n) is 2.69. The highest BCUT2D eigenvalue weighted by Gasteiger charge is 2.08. The van der Waals surface area contributed by atoms with Gasteiger partial charge in [0, 0.05) is 17.8 Å². The Morgan fingerprint density at radius 3 is 2.55 bits per heavy atom. The maximum absolute atomic E-state index is 12.0. The van der Waals surface area contributed by atoms with E-state index in [1.54, 1.807) is 37.5 Å². The van der Waals surface area contributed by atoms with Crippen molar-refractivity contribution in [3.63, 3.8) is 0 Å². The predicted molar refractivity (Wildman–Crippen MR) is 82.5 cm³/mol. The zero-order valence-electron chi connectivity index (χ0n) is 10.9. The molecule has 4 nitrogen and oxygen atoms in total. The van der Waals surface area contributed by atoms with E-state index in [9.17, 15) is 4.79 Å². The molecule has 0 aromatic heterocycles. The molecule has 5 heteroatoms. The lowest BCUT2D eigenvalue weighted by molar-refractivity contribution is 0.0956. The average Bonchev–Trinajstić information content (AvgIpc) is 2.49. The van der Waals surface area contributed by atoms with E-state index in [0.717, 1.165) is 11.3 Å².